The summed E-state index contributed by atoms with van der Waals surface area (Å²) in [6.45, 7) is 0.251. The summed E-state index contributed by atoms with van der Waals surface area (Å²) in [5.41, 5.74) is 0.577. The van der Waals surface area contributed by atoms with Crippen molar-refractivity contribution in [2.75, 3.05) is 27.4 Å². The molecule has 1 saturated heterocycles. The van der Waals surface area contributed by atoms with E-state index in [1.165, 1.54) is 18.2 Å². The average Bonchev–Trinajstić information content (AvgIpc) is 3.21. The van der Waals surface area contributed by atoms with Crippen LogP contribution in [0.15, 0.2) is 36.4 Å². The number of likely N-dealkylation sites (tertiary alicyclic amines) is 1. The Morgan fingerprint density at radius 3 is 2.66 bits per heavy atom. The number of nitro groups is 1. The molecule has 2 aromatic rings. The summed E-state index contributed by atoms with van der Waals surface area (Å²) in [4.78, 5) is 25.1. The monoisotopic (exact) mass is 420 g/mol. The number of carbonyl (C=O) groups excluding carboxylic acids is 1. The highest BCUT2D eigenvalue weighted by atomic mass is 35.5. The number of carbonyl (C=O) groups is 1. The molecule has 0 saturated carbocycles. The number of halogens is 1. The molecule has 1 fully saturated rings. The molecule has 154 valence electrons. The first-order chi connectivity index (χ1) is 13.9. The summed E-state index contributed by atoms with van der Waals surface area (Å²) in [7, 11) is 3.16. The van der Waals surface area contributed by atoms with E-state index in [0.29, 0.717) is 18.0 Å². The number of nitro benzene ring substituents is 1. The summed E-state index contributed by atoms with van der Waals surface area (Å²) in [6, 6.07) is 9.35. The van der Waals surface area contributed by atoms with Gasteiger partial charge in [-0.15, -0.1) is 0 Å². The largest absolute Gasteiger partial charge is 0.497 e. The molecule has 8 nitrogen and oxygen atoms in total. The van der Waals surface area contributed by atoms with E-state index in [2.05, 4.69) is 0 Å². The third-order valence-corrected chi connectivity index (χ3v) is 5.07. The van der Waals surface area contributed by atoms with Crippen molar-refractivity contribution in [1.82, 2.24) is 4.90 Å². The fourth-order valence-corrected chi connectivity index (χ4v) is 3.63. The van der Waals surface area contributed by atoms with Crippen molar-refractivity contribution >= 4 is 23.2 Å². The molecule has 2 aromatic carbocycles. The predicted octanol–water partition coefficient (Wildman–Crippen LogP) is 4.01. The molecule has 1 aliphatic rings. The molecule has 0 spiro atoms. The number of amides is 1. The van der Waals surface area contributed by atoms with E-state index >= 15 is 0 Å². The maximum atomic E-state index is 12.8. The zero-order valence-electron chi connectivity index (χ0n) is 16.1. The van der Waals surface area contributed by atoms with Crippen LogP contribution in [0.2, 0.25) is 5.02 Å². The second-order valence-electron chi connectivity index (χ2n) is 6.51. The van der Waals surface area contributed by atoms with Gasteiger partial charge in [0.05, 0.1) is 25.2 Å². The highest BCUT2D eigenvalue weighted by molar-refractivity contribution is 6.30. The lowest BCUT2D eigenvalue weighted by Crippen LogP contribution is -2.34. The zero-order valence-corrected chi connectivity index (χ0v) is 16.8. The van der Waals surface area contributed by atoms with Gasteiger partial charge in [-0.2, -0.15) is 0 Å². The molecule has 3 rings (SSSR count). The Hall–Kier alpha value is -3.00. The van der Waals surface area contributed by atoms with Gasteiger partial charge in [0.25, 0.3) is 5.91 Å². The van der Waals surface area contributed by atoms with Gasteiger partial charge < -0.3 is 19.1 Å². The molecule has 0 aromatic heterocycles. The molecule has 9 heteroatoms. The summed E-state index contributed by atoms with van der Waals surface area (Å²) in [6.07, 6.45) is 1.61. The molecular formula is C20H21ClN2O6. The Morgan fingerprint density at radius 1 is 1.21 bits per heavy atom. The first kappa shape index (κ1) is 20.7. The topological polar surface area (TPSA) is 91.1 Å². The predicted molar refractivity (Wildman–Crippen MR) is 107 cm³/mol. The lowest BCUT2D eigenvalue weighted by Gasteiger charge is -2.26. The molecule has 1 amide bonds. The van der Waals surface area contributed by atoms with Gasteiger partial charge in [-0.3, -0.25) is 14.9 Å². The van der Waals surface area contributed by atoms with Gasteiger partial charge in [-0.05, 0) is 43.2 Å². The Bertz CT molecular complexity index is 920. The minimum Gasteiger partial charge on any atom is -0.497 e. The first-order valence-electron chi connectivity index (χ1n) is 9.02. The summed E-state index contributed by atoms with van der Waals surface area (Å²) in [5.74, 6) is 1.09. The summed E-state index contributed by atoms with van der Waals surface area (Å²) < 4.78 is 16.2. The van der Waals surface area contributed by atoms with Crippen molar-refractivity contribution in [1.29, 1.82) is 0 Å². The molecule has 0 unspecified atom stereocenters. The molecule has 1 aliphatic heterocycles. The minimum absolute atomic E-state index is 0.00228. The van der Waals surface area contributed by atoms with E-state index in [-0.39, 0.29) is 35.0 Å². The van der Waals surface area contributed by atoms with Crippen LogP contribution in [0.1, 0.15) is 24.4 Å². The van der Waals surface area contributed by atoms with E-state index in [1.807, 2.05) is 12.1 Å². The second kappa shape index (κ2) is 9.00. The molecule has 1 atom stereocenters. The lowest BCUT2D eigenvalue weighted by molar-refractivity contribution is -0.385. The highest BCUT2D eigenvalue weighted by Crippen LogP contribution is 2.39. The quantitative estimate of drug-likeness (QED) is 0.496. The van der Waals surface area contributed by atoms with Crippen molar-refractivity contribution in [3.63, 3.8) is 0 Å². The van der Waals surface area contributed by atoms with Gasteiger partial charge in [0, 0.05) is 23.2 Å². The van der Waals surface area contributed by atoms with Gasteiger partial charge in [0.2, 0.25) is 0 Å². The minimum atomic E-state index is -0.592. The van der Waals surface area contributed by atoms with Crippen LogP contribution >= 0.6 is 11.6 Å². The lowest BCUT2D eigenvalue weighted by atomic mass is 10.0. The third-order valence-electron chi connectivity index (χ3n) is 4.84. The SMILES string of the molecule is COc1ccc(OC)c([C@H]2CCCN2C(=O)COc2ccc(Cl)cc2[N+](=O)[O-])c1. The van der Waals surface area contributed by atoms with Crippen molar-refractivity contribution < 1.29 is 23.9 Å². The third kappa shape index (κ3) is 4.54. The Kier molecular flexibility index (Phi) is 6.43. The van der Waals surface area contributed by atoms with Crippen LogP contribution in [-0.2, 0) is 4.79 Å². The van der Waals surface area contributed by atoms with Gasteiger partial charge in [-0.1, -0.05) is 11.6 Å². The van der Waals surface area contributed by atoms with Crippen LogP contribution < -0.4 is 14.2 Å². The fourth-order valence-electron chi connectivity index (χ4n) is 3.47. The molecule has 0 N–H and O–H groups in total. The number of methoxy groups -OCH3 is 2. The molecule has 1 heterocycles. The Balaban J connectivity index is 1.77. The van der Waals surface area contributed by atoms with E-state index < -0.39 is 4.92 Å². The number of benzene rings is 2. The number of hydrogen-bond acceptors (Lipinski definition) is 6. The number of ether oxygens (including phenoxy) is 3. The Labute approximate surface area is 173 Å². The number of hydrogen-bond donors (Lipinski definition) is 0. The standard InChI is InChI=1S/C20H21ClN2O6/c1-27-14-6-8-18(28-2)15(11-14)16-4-3-9-22(16)20(24)12-29-19-7-5-13(21)10-17(19)23(25)26/h5-8,10-11,16H,3-4,9,12H2,1-2H3/t16-/m1/s1. The molecule has 0 bridgehead atoms. The zero-order chi connectivity index (χ0) is 21.0. The molecule has 0 radical (unpaired) electrons. The summed E-state index contributed by atoms with van der Waals surface area (Å²) >= 11 is 5.81. The fraction of sp³-hybridized carbons (Fsp3) is 0.350. The highest BCUT2D eigenvalue weighted by Gasteiger charge is 2.32. The van der Waals surface area contributed by atoms with Gasteiger partial charge in [0.1, 0.15) is 11.5 Å². The van der Waals surface area contributed by atoms with Crippen LogP contribution in [-0.4, -0.2) is 43.1 Å². The van der Waals surface area contributed by atoms with E-state index in [0.717, 1.165) is 18.4 Å². The van der Waals surface area contributed by atoms with Crippen molar-refractivity contribution in [2.24, 2.45) is 0 Å². The smallest absolute Gasteiger partial charge is 0.312 e. The van der Waals surface area contributed by atoms with Crippen LogP contribution in [0, 0.1) is 10.1 Å². The number of rotatable bonds is 7. The van der Waals surface area contributed by atoms with Crippen molar-refractivity contribution in [3.8, 4) is 17.2 Å². The van der Waals surface area contributed by atoms with Gasteiger partial charge in [-0.25, -0.2) is 0 Å². The first-order valence-corrected chi connectivity index (χ1v) is 9.40. The maximum absolute atomic E-state index is 12.8. The van der Waals surface area contributed by atoms with Crippen molar-refractivity contribution in [3.05, 3.63) is 57.1 Å². The molecule has 0 aliphatic carbocycles. The van der Waals surface area contributed by atoms with E-state index in [4.69, 9.17) is 25.8 Å². The Morgan fingerprint density at radius 2 is 1.97 bits per heavy atom. The maximum Gasteiger partial charge on any atom is 0.312 e. The van der Waals surface area contributed by atoms with Crippen LogP contribution in [0.5, 0.6) is 17.2 Å². The molecular weight excluding hydrogens is 400 g/mol. The van der Waals surface area contributed by atoms with Gasteiger partial charge in [0.15, 0.2) is 12.4 Å². The number of nitrogens with zero attached hydrogens (tertiary/aromatic N) is 2. The van der Waals surface area contributed by atoms with E-state index in [9.17, 15) is 14.9 Å². The van der Waals surface area contributed by atoms with Gasteiger partial charge >= 0.3 is 5.69 Å². The van der Waals surface area contributed by atoms with Crippen molar-refractivity contribution in [2.45, 2.75) is 18.9 Å². The van der Waals surface area contributed by atoms with Crippen LogP contribution in [0.25, 0.3) is 0 Å². The average molecular weight is 421 g/mol. The molecule has 29 heavy (non-hydrogen) atoms. The van der Waals surface area contributed by atoms with E-state index in [1.54, 1.807) is 25.2 Å². The van der Waals surface area contributed by atoms with Crippen LogP contribution in [0.3, 0.4) is 0 Å². The second-order valence-corrected chi connectivity index (χ2v) is 6.95. The normalized spacial score (nSPS) is 15.8. The van der Waals surface area contributed by atoms with Crippen LogP contribution in [0.4, 0.5) is 5.69 Å². The summed E-state index contributed by atoms with van der Waals surface area (Å²) in [5, 5.41) is 11.4.